The molecule has 31 heavy (non-hydrogen) atoms. The summed E-state index contributed by atoms with van der Waals surface area (Å²) in [5.41, 5.74) is 1.31. The van der Waals surface area contributed by atoms with E-state index >= 15 is 0 Å². The van der Waals surface area contributed by atoms with Gasteiger partial charge in [0.05, 0.1) is 0 Å². The topological polar surface area (TPSA) is 61.5 Å². The molecule has 0 bridgehead atoms. The number of hydrogen-bond acceptors (Lipinski definition) is 3. The molecule has 3 aromatic rings. The van der Waals surface area contributed by atoms with Crippen LogP contribution in [0.4, 0.5) is 13.2 Å². The van der Waals surface area contributed by atoms with Crippen LogP contribution in [0.2, 0.25) is 0 Å². The molecule has 0 atom stereocenters. The summed E-state index contributed by atoms with van der Waals surface area (Å²) < 4.78 is 39.3. The van der Waals surface area contributed by atoms with Gasteiger partial charge in [0.2, 0.25) is 0 Å². The first kappa shape index (κ1) is 21.5. The molecule has 2 N–H and O–H groups in total. The number of hydrogen-bond donors (Lipinski definition) is 2. The quantitative estimate of drug-likeness (QED) is 0.493. The normalized spacial score (nSPS) is 19.3. The molecule has 162 valence electrons. The van der Waals surface area contributed by atoms with E-state index in [1.54, 1.807) is 0 Å². The van der Waals surface area contributed by atoms with E-state index < -0.39 is 11.9 Å². The molecule has 4 rings (SSSR count). The zero-order valence-electron chi connectivity index (χ0n) is 16.7. The monoisotopic (exact) mass is 445 g/mol. The van der Waals surface area contributed by atoms with Gasteiger partial charge in [-0.05, 0) is 67.4 Å². The van der Waals surface area contributed by atoms with Crippen molar-refractivity contribution in [3.8, 4) is 0 Å². The predicted octanol–water partition coefficient (Wildman–Crippen LogP) is 5.88. The molecule has 1 aliphatic rings. The molecule has 1 aliphatic carbocycles. The SMILES string of the molecule is O=c1[nH]c(=S)[nH]c([C@H]2CC[C@H](c3ccccc3)CC2)c1Cc1cccc(C(F)(F)F)n1. The molecule has 0 amide bonds. The molecule has 8 heteroatoms. The molecule has 2 aromatic heterocycles. The molecule has 2 heterocycles. The third-order valence-electron chi connectivity index (χ3n) is 5.94. The van der Waals surface area contributed by atoms with E-state index in [1.807, 2.05) is 18.2 Å². The molecule has 1 saturated carbocycles. The third-order valence-corrected chi connectivity index (χ3v) is 6.14. The number of benzene rings is 1. The van der Waals surface area contributed by atoms with Gasteiger partial charge in [0, 0.05) is 23.4 Å². The summed E-state index contributed by atoms with van der Waals surface area (Å²) in [6.45, 7) is 0. The van der Waals surface area contributed by atoms with Crippen LogP contribution in [0, 0.1) is 4.77 Å². The molecular formula is C23H22F3N3OS. The van der Waals surface area contributed by atoms with Gasteiger partial charge in [0.15, 0.2) is 4.77 Å². The molecule has 0 saturated heterocycles. The Balaban J connectivity index is 1.60. The van der Waals surface area contributed by atoms with Crippen molar-refractivity contribution in [2.75, 3.05) is 0 Å². The van der Waals surface area contributed by atoms with E-state index in [2.05, 4.69) is 27.1 Å². The predicted molar refractivity (Wildman–Crippen MR) is 115 cm³/mol. The largest absolute Gasteiger partial charge is 0.433 e. The van der Waals surface area contributed by atoms with Crippen molar-refractivity contribution in [2.45, 2.75) is 50.1 Å². The number of H-pyrrole nitrogens is 2. The Morgan fingerprint density at radius 2 is 1.61 bits per heavy atom. The maximum absolute atomic E-state index is 13.0. The highest BCUT2D eigenvalue weighted by Gasteiger charge is 2.32. The number of nitrogens with one attached hydrogen (secondary N) is 2. The molecule has 1 fully saturated rings. The maximum atomic E-state index is 13.0. The van der Waals surface area contributed by atoms with Gasteiger partial charge < -0.3 is 4.98 Å². The van der Waals surface area contributed by atoms with Crippen LogP contribution in [0.5, 0.6) is 0 Å². The van der Waals surface area contributed by atoms with E-state index in [0.717, 1.165) is 37.4 Å². The average molecular weight is 446 g/mol. The zero-order valence-corrected chi connectivity index (χ0v) is 17.5. The molecule has 0 aliphatic heterocycles. The van der Waals surface area contributed by atoms with E-state index in [4.69, 9.17) is 12.2 Å². The lowest BCUT2D eigenvalue weighted by molar-refractivity contribution is -0.141. The summed E-state index contributed by atoms with van der Waals surface area (Å²) in [6, 6.07) is 14.1. The lowest BCUT2D eigenvalue weighted by Gasteiger charge is -2.29. The second-order valence-corrected chi connectivity index (χ2v) is 8.36. The molecule has 4 nitrogen and oxygen atoms in total. The van der Waals surface area contributed by atoms with E-state index in [1.165, 1.54) is 17.7 Å². The van der Waals surface area contributed by atoms with Crippen molar-refractivity contribution >= 4 is 12.2 Å². The van der Waals surface area contributed by atoms with E-state index in [0.29, 0.717) is 11.5 Å². The van der Waals surface area contributed by atoms with Crippen molar-refractivity contribution in [3.05, 3.63) is 91.9 Å². The van der Waals surface area contributed by atoms with Gasteiger partial charge >= 0.3 is 6.18 Å². The van der Waals surface area contributed by atoms with Crippen LogP contribution >= 0.6 is 12.2 Å². The summed E-state index contributed by atoms with van der Waals surface area (Å²) in [4.78, 5) is 22.1. The Morgan fingerprint density at radius 3 is 2.29 bits per heavy atom. The molecule has 0 spiro atoms. The minimum absolute atomic E-state index is 0.0132. The zero-order chi connectivity index (χ0) is 22.0. The average Bonchev–Trinajstić information content (AvgIpc) is 2.76. The minimum atomic E-state index is -4.53. The Hall–Kier alpha value is -2.74. The van der Waals surface area contributed by atoms with E-state index in [9.17, 15) is 18.0 Å². The van der Waals surface area contributed by atoms with Gasteiger partial charge in [-0.25, -0.2) is 4.98 Å². The van der Waals surface area contributed by atoms with Crippen LogP contribution in [0.1, 0.15) is 65.7 Å². The first-order chi connectivity index (χ1) is 14.8. The van der Waals surface area contributed by atoms with Gasteiger partial charge in [0.25, 0.3) is 5.56 Å². The van der Waals surface area contributed by atoms with Crippen molar-refractivity contribution in [1.29, 1.82) is 0 Å². The number of pyridine rings is 1. The highest BCUT2D eigenvalue weighted by Crippen LogP contribution is 2.40. The Morgan fingerprint density at radius 1 is 0.935 bits per heavy atom. The number of nitrogens with zero attached hydrogens (tertiary/aromatic N) is 1. The summed E-state index contributed by atoms with van der Waals surface area (Å²) in [5.74, 6) is 0.570. The Labute approximate surface area is 182 Å². The van der Waals surface area contributed by atoms with Gasteiger partial charge in [-0.3, -0.25) is 9.78 Å². The van der Waals surface area contributed by atoms with Crippen LogP contribution in [0.3, 0.4) is 0 Å². The van der Waals surface area contributed by atoms with Gasteiger partial charge in [0.1, 0.15) is 5.69 Å². The number of halogens is 3. The number of alkyl halides is 3. The first-order valence-corrected chi connectivity index (χ1v) is 10.7. The number of aromatic amines is 2. The summed E-state index contributed by atoms with van der Waals surface area (Å²) >= 11 is 5.17. The molecular weight excluding hydrogens is 423 g/mol. The lowest BCUT2D eigenvalue weighted by Crippen LogP contribution is -2.23. The second-order valence-electron chi connectivity index (χ2n) is 7.95. The van der Waals surface area contributed by atoms with E-state index in [-0.39, 0.29) is 28.4 Å². The Kier molecular flexibility index (Phi) is 6.09. The molecule has 1 aromatic carbocycles. The number of aromatic nitrogens is 3. The second kappa shape index (κ2) is 8.78. The van der Waals surface area contributed by atoms with Crippen molar-refractivity contribution < 1.29 is 13.2 Å². The lowest BCUT2D eigenvalue weighted by atomic mass is 9.76. The van der Waals surface area contributed by atoms with Crippen LogP contribution < -0.4 is 5.56 Å². The Bertz CT molecular complexity index is 1160. The standard InChI is InChI=1S/C23H22F3N3OS/c24-23(25,26)19-8-4-7-17(27-19)13-18-20(28-22(31)29-21(18)30)16-11-9-15(10-12-16)14-5-2-1-3-6-14/h1-8,15-16H,9-13H2,(H2,28,29,30,31)/t15-,16-. The summed E-state index contributed by atoms with van der Waals surface area (Å²) in [7, 11) is 0. The smallest absolute Gasteiger partial charge is 0.335 e. The first-order valence-electron chi connectivity index (χ1n) is 10.2. The highest BCUT2D eigenvalue weighted by molar-refractivity contribution is 7.71. The number of rotatable bonds is 4. The fourth-order valence-electron chi connectivity index (χ4n) is 4.41. The van der Waals surface area contributed by atoms with Gasteiger partial charge in [-0.1, -0.05) is 36.4 Å². The van der Waals surface area contributed by atoms with Crippen LogP contribution in [-0.2, 0) is 12.6 Å². The molecule has 0 unspecified atom stereocenters. The molecule has 0 radical (unpaired) electrons. The van der Waals surface area contributed by atoms with Crippen molar-refractivity contribution in [2.24, 2.45) is 0 Å². The summed E-state index contributed by atoms with van der Waals surface area (Å²) in [6.07, 6.45) is -0.821. The maximum Gasteiger partial charge on any atom is 0.433 e. The fraction of sp³-hybridized carbons (Fsp3) is 0.348. The fourth-order valence-corrected chi connectivity index (χ4v) is 4.61. The minimum Gasteiger partial charge on any atom is -0.335 e. The third kappa shape index (κ3) is 4.95. The van der Waals surface area contributed by atoms with Gasteiger partial charge in [-0.15, -0.1) is 0 Å². The van der Waals surface area contributed by atoms with Crippen molar-refractivity contribution in [3.63, 3.8) is 0 Å². The highest BCUT2D eigenvalue weighted by atomic mass is 32.1. The van der Waals surface area contributed by atoms with Crippen LogP contribution in [0.25, 0.3) is 0 Å². The van der Waals surface area contributed by atoms with Gasteiger partial charge in [-0.2, -0.15) is 13.2 Å². The van der Waals surface area contributed by atoms with Crippen LogP contribution in [0.15, 0.2) is 53.3 Å². The summed E-state index contributed by atoms with van der Waals surface area (Å²) in [5, 5.41) is 0. The van der Waals surface area contributed by atoms with Crippen LogP contribution in [-0.4, -0.2) is 15.0 Å². The van der Waals surface area contributed by atoms with Crippen molar-refractivity contribution in [1.82, 2.24) is 15.0 Å².